The van der Waals surface area contributed by atoms with Crippen molar-refractivity contribution in [1.29, 1.82) is 0 Å². The Morgan fingerprint density at radius 3 is 2.68 bits per heavy atom. The van der Waals surface area contributed by atoms with Gasteiger partial charge in [-0.05, 0) is 49.1 Å². The molecule has 0 saturated carbocycles. The summed E-state index contributed by atoms with van der Waals surface area (Å²) in [4.78, 5) is 0.244. The molecule has 2 N–H and O–H groups in total. The van der Waals surface area contributed by atoms with Gasteiger partial charge in [0.2, 0.25) is 0 Å². The van der Waals surface area contributed by atoms with Gasteiger partial charge < -0.3 is 15.2 Å². The minimum Gasteiger partial charge on any atom is -0.493 e. The van der Waals surface area contributed by atoms with E-state index in [9.17, 15) is 13.5 Å². The highest BCUT2D eigenvalue weighted by molar-refractivity contribution is 7.91. The third-order valence-electron chi connectivity index (χ3n) is 5.11. The first kappa shape index (κ1) is 20.8. The summed E-state index contributed by atoms with van der Waals surface area (Å²) in [5.41, 5.74) is 0.764. The van der Waals surface area contributed by atoms with E-state index in [-0.39, 0.29) is 23.2 Å². The number of benzene rings is 2. The average Bonchev–Trinajstić information content (AvgIpc) is 3.13. The Morgan fingerprint density at radius 1 is 1.21 bits per heavy atom. The zero-order valence-corrected chi connectivity index (χ0v) is 17.3. The standard InChI is InChI=1S/C22H29NO4S/c1-3-19(13-17-7-5-4-6-8-17)23-15-22(2,24)16-28(25,26)20-9-10-21-18(14-20)11-12-27-21/h4-10,14,19,23-24H,3,11-13,15-16H2,1-2H3/t19?,22-/m1/s1. The molecule has 0 fully saturated rings. The number of hydrogen-bond acceptors (Lipinski definition) is 5. The van der Waals surface area contributed by atoms with Crippen LogP contribution in [0.5, 0.6) is 5.75 Å². The summed E-state index contributed by atoms with van der Waals surface area (Å²) in [6.45, 7) is 4.45. The molecule has 1 aliphatic heterocycles. The van der Waals surface area contributed by atoms with Crippen LogP contribution < -0.4 is 10.1 Å². The number of sulfone groups is 1. The Balaban J connectivity index is 1.62. The number of rotatable bonds is 9. The Kier molecular flexibility index (Phi) is 6.43. The molecule has 3 rings (SSSR count). The SMILES string of the molecule is CCC(Cc1ccccc1)NC[C@@](C)(O)CS(=O)(=O)c1ccc2c(c1)CCO2. The van der Waals surface area contributed by atoms with Gasteiger partial charge in [-0.25, -0.2) is 8.42 Å². The Hall–Kier alpha value is -1.89. The summed E-state index contributed by atoms with van der Waals surface area (Å²) < 4.78 is 31.1. The van der Waals surface area contributed by atoms with Crippen LogP contribution in [0.25, 0.3) is 0 Å². The predicted molar refractivity (Wildman–Crippen MR) is 111 cm³/mol. The number of ether oxygens (including phenoxy) is 1. The highest BCUT2D eigenvalue weighted by Crippen LogP contribution is 2.28. The molecule has 0 amide bonds. The smallest absolute Gasteiger partial charge is 0.181 e. The molecule has 2 aromatic carbocycles. The van der Waals surface area contributed by atoms with Crippen molar-refractivity contribution in [2.24, 2.45) is 0 Å². The van der Waals surface area contributed by atoms with Gasteiger partial charge in [-0.3, -0.25) is 0 Å². The van der Waals surface area contributed by atoms with Crippen LogP contribution in [-0.4, -0.2) is 44.1 Å². The number of nitrogens with one attached hydrogen (secondary N) is 1. The van der Waals surface area contributed by atoms with Gasteiger partial charge >= 0.3 is 0 Å². The minimum atomic E-state index is -3.60. The lowest BCUT2D eigenvalue weighted by molar-refractivity contribution is 0.0793. The lowest BCUT2D eigenvalue weighted by atomic mass is 10.0. The fourth-order valence-electron chi connectivity index (χ4n) is 3.52. The van der Waals surface area contributed by atoms with Crippen molar-refractivity contribution in [2.45, 2.75) is 49.6 Å². The molecule has 2 aromatic rings. The monoisotopic (exact) mass is 403 g/mol. The molecule has 1 unspecified atom stereocenters. The summed E-state index contributed by atoms with van der Waals surface area (Å²) in [6, 6.07) is 15.3. The number of aliphatic hydroxyl groups is 1. The van der Waals surface area contributed by atoms with Crippen molar-refractivity contribution in [3.05, 3.63) is 59.7 Å². The molecular formula is C22H29NO4S. The van der Waals surface area contributed by atoms with Crippen LogP contribution in [0.3, 0.4) is 0 Å². The van der Waals surface area contributed by atoms with Gasteiger partial charge in [0, 0.05) is 19.0 Å². The first-order chi connectivity index (χ1) is 13.3. The van der Waals surface area contributed by atoms with Crippen molar-refractivity contribution in [2.75, 3.05) is 18.9 Å². The van der Waals surface area contributed by atoms with Crippen molar-refractivity contribution < 1.29 is 18.3 Å². The highest BCUT2D eigenvalue weighted by atomic mass is 32.2. The van der Waals surface area contributed by atoms with E-state index in [4.69, 9.17) is 4.74 Å². The van der Waals surface area contributed by atoms with Gasteiger partial charge in [0.1, 0.15) is 5.75 Å². The Labute approximate surface area is 167 Å². The molecule has 1 heterocycles. The molecule has 1 aliphatic rings. The van der Waals surface area contributed by atoms with Crippen molar-refractivity contribution in [3.8, 4) is 5.75 Å². The zero-order chi connectivity index (χ0) is 20.2. The van der Waals surface area contributed by atoms with E-state index in [1.807, 2.05) is 18.2 Å². The Bertz CT molecular complexity index is 894. The second-order valence-electron chi connectivity index (χ2n) is 7.80. The van der Waals surface area contributed by atoms with E-state index in [1.165, 1.54) is 5.56 Å². The largest absolute Gasteiger partial charge is 0.493 e. The second-order valence-corrected chi connectivity index (χ2v) is 9.79. The normalized spacial score (nSPS) is 16.8. The summed E-state index contributed by atoms with van der Waals surface area (Å²) >= 11 is 0. The molecule has 0 radical (unpaired) electrons. The van der Waals surface area contributed by atoms with Crippen molar-refractivity contribution in [3.63, 3.8) is 0 Å². The average molecular weight is 404 g/mol. The summed E-state index contributed by atoms with van der Waals surface area (Å²) in [5, 5.41) is 14.1. The second kappa shape index (κ2) is 8.64. The van der Waals surface area contributed by atoms with E-state index >= 15 is 0 Å². The quantitative estimate of drug-likeness (QED) is 0.673. The molecule has 0 saturated heterocycles. The molecule has 6 heteroatoms. The Morgan fingerprint density at radius 2 is 1.96 bits per heavy atom. The van der Waals surface area contributed by atoms with Gasteiger partial charge in [-0.1, -0.05) is 37.3 Å². The van der Waals surface area contributed by atoms with E-state index in [2.05, 4.69) is 24.4 Å². The van der Waals surface area contributed by atoms with Crippen LogP contribution in [-0.2, 0) is 22.7 Å². The third-order valence-corrected chi connectivity index (χ3v) is 7.08. The lowest BCUT2D eigenvalue weighted by Gasteiger charge is -2.27. The van der Waals surface area contributed by atoms with E-state index in [0.717, 1.165) is 24.2 Å². The molecule has 152 valence electrons. The maximum Gasteiger partial charge on any atom is 0.181 e. The summed E-state index contributed by atoms with van der Waals surface area (Å²) in [5.74, 6) is 0.424. The molecule has 0 aromatic heterocycles. The van der Waals surface area contributed by atoms with E-state index in [1.54, 1.807) is 25.1 Å². The molecule has 5 nitrogen and oxygen atoms in total. The highest BCUT2D eigenvalue weighted by Gasteiger charge is 2.31. The minimum absolute atomic E-state index is 0.175. The van der Waals surface area contributed by atoms with Crippen LogP contribution >= 0.6 is 0 Å². The van der Waals surface area contributed by atoms with Crippen LogP contribution in [0.2, 0.25) is 0 Å². The van der Waals surface area contributed by atoms with Gasteiger partial charge in [0.25, 0.3) is 0 Å². The van der Waals surface area contributed by atoms with E-state index < -0.39 is 15.4 Å². The fraction of sp³-hybridized carbons (Fsp3) is 0.455. The molecule has 28 heavy (non-hydrogen) atoms. The molecular weight excluding hydrogens is 374 g/mol. The third kappa shape index (κ3) is 5.34. The lowest BCUT2D eigenvalue weighted by Crippen LogP contribution is -2.47. The maximum atomic E-state index is 12.8. The van der Waals surface area contributed by atoms with Gasteiger partial charge in [0.05, 0.1) is 22.9 Å². The van der Waals surface area contributed by atoms with Crippen LogP contribution in [0.1, 0.15) is 31.4 Å². The van der Waals surface area contributed by atoms with Crippen molar-refractivity contribution in [1.82, 2.24) is 5.32 Å². The molecule has 0 spiro atoms. The molecule has 0 aliphatic carbocycles. The summed E-state index contributed by atoms with van der Waals surface area (Å²) in [7, 11) is -3.60. The molecule has 2 atom stereocenters. The van der Waals surface area contributed by atoms with Gasteiger partial charge in [-0.2, -0.15) is 0 Å². The van der Waals surface area contributed by atoms with E-state index in [0.29, 0.717) is 13.0 Å². The zero-order valence-electron chi connectivity index (χ0n) is 16.5. The van der Waals surface area contributed by atoms with Crippen LogP contribution in [0.4, 0.5) is 0 Å². The first-order valence-electron chi connectivity index (χ1n) is 9.77. The summed E-state index contributed by atoms with van der Waals surface area (Å²) in [6.07, 6.45) is 2.45. The maximum absolute atomic E-state index is 12.8. The van der Waals surface area contributed by atoms with Crippen LogP contribution in [0.15, 0.2) is 53.4 Å². The van der Waals surface area contributed by atoms with Crippen LogP contribution in [0, 0.1) is 0 Å². The molecule has 0 bridgehead atoms. The number of hydrogen-bond donors (Lipinski definition) is 2. The fourth-order valence-corrected chi connectivity index (χ4v) is 5.21. The van der Waals surface area contributed by atoms with Gasteiger partial charge in [0.15, 0.2) is 9.84 Å². The van der Waals surface area contributed by atoms with Crippen molar-refractivity contribution >= 4 is 9.84 Å². The topological polar surface area (TPSA) is 75.6 Å². The number of fused-ring (bicyclic) bond motifs is 1. The predicted octanol–water partition coefficient (Wildman–Crippen LogP) is 2.76. The van der Waals surface area contributed by atoms with Gasteiger partial charge in [-0.15, -0.1) is 0 Å². The first-order valence-corrected chi connectivity index (χ1v) is 11.4.